The second-order valence-electron chi connectivity index (χ2n) is 9.21. The summed E-state index contributed by atoms with van der Waals surface area (Å²) in [6.07, 6.45) is 0.769. The lowest BCUT2D eigenvalue weighted by molar-refractivity contribution is 0.0556. The summed E-state index contributed by atoms with van der Waals surface area (Å²) in [6.45, 7) is 7.60. The van der Waals surface area contributed by atoms with Crippen molar-refractivity contribution in [3.63, 3.8) is 0 Å². The Bertz CT molecular complexity index is 874. The summed E-state index contributed by atoms with van der Waals surface area (Å²) in [5.41, 5.74) is 1.27. The molecular formula is C26H36Cl2N2O4. The van der Waals surface area contributed by atoms with Crippen molar-refractivity contribution < 1.29 is 19.7 Å². The number of hydrogen-bond donors (Lipinski definition) is 3. The van der Waals surface area contributed by atoms with E-state index >= 15 is 0 Å². The molecule has 0 spiro atoms. The summed E-state index contributed by atoms with van der Waals surface area (Å²) in [5.74, 6) is 1.85. The molecule has 0 radical (unpaired) electrons. The molecule has 2 aromatic rings. The van der Waals surface area contributed by atoms with Crippen LogP contribution in [0.25, 0.3) is 0 Å². The van der Waals surface area contributed by atoms with Crippen LogP contribution in [0, 0.1) is 0 Å². The molecule has 0 unspecified atom stereocenters. The molecule has 34 heavy (non-hydrogen) atoms. The van der Waals surface area contributed by atoms with E-state index < -0.39 is 12.2 Å². The lowest BCUT2D eigenvalue weighted by atomic mass is 10.0. The van der Waals surface area contributed by atoms with Crippen molar-refractivity contribution >= 4 is 23.2 Å². The molecular weight excluding hydrogens is 475 g/mol. The van der Waals surface area contributed by atoms with Crippen LogP contribution in [0.5, 0.6) is 11.5 Å². The van der Waals surface area contributed by atoms with Crippen LogP contribution in [0.15, 0.2) is 42.5 Å². The number of aliphatic hydroxyl groups is 2. The fraction of sp³-hybridized carbons (Fsp3) is 0.538. The van der Waals surface area contributed by atoms with E-state index in [2.05, 4.69) is 36.2 Å². The topological polar surface area (TPSA) is 74.2 Å². The van der Waals surface area contributed by atoms with E-state index in [0.717, 1.165) is 31.7 Å². The van der Waals surface area contributed by atoms with Gasteiger partial charge in [0.15, 0.2) is 0 Å². The predicted octanol–water partition coefficient (Wildman–Crippen LogP) is 4.35. The van der Waals surface area contributed by atoms with Gasteiger partial charge in [0.05, 0.1) is 10.0 Å². The van der Waals surface area contributed by atoms with Crippen LogP contribution in [0.3, 0.4) is 0 Å². The first kappa shape index (κ1) is 27.1. The van der Waals surface area contributed by atoms with Crippen LogP contribution in [-0.2, 0) is 0 Å². The zero-order chi connectivity index (χ0) is 24.5. The molecule has 0 bridgehead atoms. The number of ether oxygens (including phenoxy) is 2. The van der Waals surface area contributed by atoms with Crippen LogP contribution in [-0.4, -0.2) is 72.8 Å². The van der Waals surface area contributed by atoms with E-state index in [4.69, 9.17) is 32.7 Å². The third-order valence-corrected chi connectivity index (χ3v) is 6.76. The van der Waals surface area contributed by atoms with E-state index in [0.29, 0.717) is 40.8 Å². The molecule has 1 heterocycles. The summed E-state index contributed by atoms with van der Waals surface area (Å²) in [5, 5.41) is 25.0. The highest BCUT2D eigenvalue weighted by Crippen LogP contribution is 2.26. The number of piperidine rings is 1. The number of hydrogen-bond acceptors (Lipinski definition) is 6. The van der Waals surface area contributed by atoms with Crippen molar-refractivity contribution in [2.75, 3.05) is 39.4 Å². The number of likely N-dealkylation sites (tertiary alicyclic amines) is 1. The third-order valence-electron chi connectivity index (χ3n) is 6.02. The fourth-order valence-electron chi connectivity index (χ4n) is 3.93. The summed E-state index contributed by atoms with van der Waals surface area (Å²) in [6, 6.07) is 13.4. The van der Waals surface area contributed by atoms with Gasteiger partial charge in [0.2, 0.25) is 0 Å². The van der Waals surface area contributed by atoms with Crippen LogP contribution < -0.4 is 14.8 Å². The molecule has 2 atom stereocenters. The first-order valence-corrected chi connectivity index (χ1v) is 12.7. The fourth-order valence-corrected chi connectivity index (χ4v) is 4.22. The van der Waals surface area contributed by atoms with Crippen molar-refractivity contribution in [1.29, 1.82) is 0 Å². The van der Waals surface area contributed by atoms with E-state index in [-0.39, 0.29) is 13.2 Å². The van der Waals surface area contributed by atoms with Crippen molar-refractivity contribution in [3.8, 4) is 11.5 Å². The van der Waals surface area contributed by atoms with Gasteiger partial charge in [-0.05, 0) is 61.7 Å². The number of nitrogens with zero attached hydrogens (tertiary/aromatic N) is 1. The van der Waals surface area contributed by atoms with Crippen molar-refractivity contribution in [2.45, 2.75) is 50.9 Å². The van der Waals surface area contributed by atoms with Gasteiger partial charge in [-0.2, -0.15) is 0 Å². The Morgan fingerprint density at radius 1 is 0.912 bits per heavy atom. The maximum absolute atomic E-state index is 10.3. The number of nitrogens with one attached hydrogen (secondary N) is 1. The molecule has 1 saturated heterocycles. The van der Waals surface area contributed by atoms with Gasteiger partial charge in [0, 0.05) is 25.2 Å². The highest BCUT2D eigenvalue weighted by Gasteiger charge is 2.22. The number of β-amino-alcohol motifs (C(OH)–C–C–N with tert-alkyl or cyclic N) is 1. The number of benzene rings is 2. The zero-order valence-electron chi connectivity index (χ0n) is 19.9. The molecule has 6 nitrogen and oxygen atoms in total. The maximum Gasteiger partial charge on any atom is 0.121 e. The minimum Gasteiger partial charge on any atom is -0.491 e. The molecule has 1 aliphatic heterocycles. The molecule has 0 aromatic heterocycles. The highest BCUT2D eigenvalue weighted by atomic mass is 35.5. The van der Waals surface area contributed by atoms with E-state index in [1.165, 1.54) is 5.56 Å². The molecule has 8 heteroatoms. The molecule has 1 fully saturated rings. The Balaban J connectivity index is 1.28. The standard InChI is InChI=1S/C26H36Cl2N2O4/c1-18(2)19-3-5-23(6-4-19)33-16-21(31)14-29-20-9-11-30(12-10-20)15-22(32)17-34-24-7-8-25(27)26(28)13-24/h3-8,13,18,20-22,29,31-32H,9-12,14-17H2,1-2H3/t21-,22-/m0/s1. The van der Waals surface area contributed by atoms with Crippen LogP contribution >= 0.6 is 23.2 Å². The number of rotatable bonds is 12. The lowest BCUT2D eigenvalue weighted by Gasteiger charge is -2.33. The molecule has 3 N–H and O–H groups in total. The molecule has 0 saturated carbocycles. The molecule has 188 valence electrons. The Morgan fingerprint density at radius 3 is 2.18 bits per heavy atom. The van der Waals surface area contributed by atoms with Gasteiger partial charge >= 0.3 is 0 Å². The van der Waals surface area contributed by atoms with E-state index in [1.807, 2.05) is 12.1 Å². The summed E-state index contributed by atoms with van der Waals surface area (Å²) in [7, 11) is 0. The van der Waals surface area contributed by atoms with Gasteiger partial charge in [0.25, 0.3) is 0 Å². The van der Waals surface area contributed by atoms with E-state index in [1.54, 1.807) is 18.2 Å². The smallest absolute Gasteiger partial charge is 0.121 e. The largest absolute Gasteiger partial charge is 0.491 e. The normalized spacial score (nSPS) is 17.0. The van der Waals surface area contributed by atoms with Crippen LogP contribution in [0.4, 0.5) is 0 Å². The average Bonchev–Trinajstić information content (AvgIpc) is 2.83. The van der Waals surface area contributed by atoms with Crippen LogP contribution in [0.1, 0.15) is 38.2 Å². The molecule has 3 rings (SSSR count). The third kappa shape index (κ3) is 8.91. The molecule has 1 aliphatic rings. The summed E-state index contributed by atoms with van der Waals surface area (Å²) >= 11 is 11.9. The maximum atomic E-state index is 10.3. The monoisotopic (exact) mass is 510 g/mol. The Labute approximate surface area is 212 Å². The van der Waals surface area contributed by atoms with Gasteiger partial charge < -0.3 is 29.9 Å². The average molecular weight is 511 g/mol. The predicted molar refractivity (Wildman–Crippen MR) is 137 cm³/mol. The van der Waals surface area contributed by atoms with Crippen LogP contribution in [0.2, 0.25) is 10.0 Å². The van der Waals surface area contributed by atoms with Crippen molar-refractivity contribution in [2.24, 2.45) is 0 Å². The SMILES string of the molecule is CC(C)c1ccc(OC[C@@H](O)CNC2CCN(C[C@H](O)COc3ccc(Cl)c(Cl)c3)CC2)cc1. The number of halogens is 2. The van der Waals surface area contributed by atoms with Gasteiger partial charge in [-0.1, -0.05) is 49.2 Å². The lowest BCUT2D eigenvalue weighted by Crippen LogP contribution is -2.47. The second-order valence-corrected chi connectivity index (χ2v) is 10.0. The highest BCUT2D eigenvalue weighted by molar-refractivity contribution is 6.42. The van der Waals surface area contributed by atoms with Gasteiger partial charge in [-0.25, -0.2) is 0 Å². The zero-order valence-corrected chi connectivity index (χ0v) is 21.4. The van der Waals surface area contributed by atoms with Crippen molar-refractivity contribution in [3.05, 3.63) is 58.1 Å². The second kappa shape index (κ2) is 13.5. The molecule has 2 aromatic carbocycles. The quantitative estimate of drug-likeness (QED) is 0.394. The van der Waals surface area contributed by atoms with Gasteiger partial charge in [-0.3, -0.25) is 0 Å². The molecule has 0 aliphatic carbocycles. The Kier molecular flexibility index (Phi) is 10.8. The van der Waals surface area contributed by atoms with E-state index in [9.17, 15) is 10.2 Å². The minimum atomic E-state index is -0.590. The summed E-state index contributed by atoms with van der Waals surface area (Å²) in [4.78, 5) is 2.24. The molecule has 0 amide bonds. The number of aliphatic hydroxyl groups excluding tert-OH is 2. The first-order valence-electron chi connectivity index (χ1n) is 11.9. The summed E-state index contributed by atoms with van der Waals surface area (Å²) < 4.78 is 11.3. The Hall–Kier alpha value is -1.54. The first-order chi connectivity index (χ1) is 16.3. The Morgan fingerprint density at radius 2 is 1.53 bits per heavy atom. The van der Waals surface area contributed by atoms with Gasteiger partial charge in [-0.15, -0.1) is 0 Å². The minimum absolute atomic E-state index is 0.197. The van der Waals surface area contributed by atoms with Gasteiger partial charge in [0.1, 0.15) is 36.9 Å². The van der Waals surface area contributed by atoms with Crippen molar-refractivity contribution in [1.82, 2.24) is 10.2 Å².